The summed E-state index contributed by atoms with van der Waals surface area (Å²) in [5.41, 5.74) is 10.1. The maximum absolute atomic E-state index is 5.92. The van der Waals surface area contributed by atoms with Crippen molar-refractivity contribution in [2.75, 3.05) is 20.0 Å². The molecule has 0 unspecified atom stereocenters. The molecule has 0 aliphatic carbocycles. The number of hydrogen-bond donors (Lipinski definition) is 1. The average molecular weight is 392 g/mol. The fraction of sp³-hybridized carbons (Fsp3) is 0.143. The monoisotopic (exact) mass is 392 g/mol. The standard InChI is InChI=1S/C21H20N4O2S/c1-26-17-8-3-5-14(11-17)13-28-19-10-9-18-23-20(21(27-2)25(18)24-19)15-6-4-7-16(22)12-15/h3-12H,13,22H2,1-2H3. The molecule has 0 spiro atoms. The second kappa shape index (κ2) is 7.82. The molecule has 28 heavy (non-hydrogen) atoms. The maximum atomic E-state index is 5.92. The van der Waals surface area contributed by atoms with Gasteiger partial charge in [-0.05, 0) is 42.0 Å². The van der Waals surface area contributed by atoms with Crippen molar-refractivity contribution >= 4 is 23.1 Å². The zero-order valence-electron chi connectivity index (χ0n) is 15.6. The van der Waals surface area contributed by atoms with Crippen LogP contribution in [0.3, 0.4) is 0 Å². The van der Waals surface area contributed by atoms with Crippen molar-refractivity contribution in [1.29, 1.82) is 0 Å². The molecule has 0 aliphatic rings. The molecule has 2 N–H and O–H groups in total. The third kappa shape index (κ3) is 3.61. The minimum atomic E-state index is 0.587. The van der Waals surface area contributed by atoms with Crippen molar-refractivity contribution in [1.82, 2.24) is 14.6 Å². The van der Waals surface area contributed by atoms with Crippen molar-refractivity contribution < 1.29 is 9.47 Å². The van der Waals surface area contributed by atoms with Crippen LogP contribution >= 0.6 is 11.8 Å². The van der Waals surface area contributed by atoms with Gasteiger partial charge in [-0.15, -0.1) is 0 Å². The molecule has 0 fully saturated rings. The van der Waals surface area contributed by atoms with Gasteiger partial charge in [-0.2, -0.15) is 9.61 Å². The predicted molar refractivity (Wildman–Crippen MR) is 112 cm³/mol. The van der Waals surface area contributed by atoms with Gasteiger partial charge < -0.3 is 15.2 Å². The summed E-state index contributed by atoms with van der Waals surface area (Å²) in [5, 5.41) is 5.58. The summed E-state index contributed by atoms with van der Waals surface area (Å²) in [6.45, 7) is 0. The minimum absolute atomic E-state index is 0.587. The molecule has 2 aromatic heterocycles. The molecule has 6 nitrogen and oxygen atoms in total. The van der Waals surface area contributed by atoms with Gasteiger partial charge in [0.05, 0.1) is 14.2 Å². The highest BCUT2D eigenvalue weighted by atomic mass is 32.2. The van der Waals surface area contributed by atoms with Crippen LogP contribution in [0.15, 0.2) is 65.7 Å². The van der Waals surface area contributed by atoms with Crippen LogP contribution in [-0.2, 0) is 5.75 Å². The third-order valence-electron chi connectivity index (χ3n) is 4.29. The summed E-state index contributed by atoms with van der Waals surface area (Å²) < 4.78 is 12.6. The lowest BCUT2D eigenvalue weighted by molar-refractivity contribution is 0.387. The molecule has 0 amide bonds. The second-order valence-electron chi connectivity index (χ2n) is 6.18. The quantitative estimate of drug-likeness (QED) is 0.390. The fourth-order valence-corrected chi connectivity index (χ4v) is 3.75. The van der Waals surface area contributed by atoms with Crippen molar-refractivity contribution in [3.8, 4) is 22.9 Å². The molecule has 0 atom stereocenters. The average Bonchev–Trinajstić information content (AvgIpc) is 3.10. The van der Waals surface area contributed by atoms with Gasteiger partial charge in [0.2, 0.25) is 5.88 Å². The number of fused-ring (bicyclic) bond motifs is 1. The van der Waals surface area contributed by atoms with Gasteiger partial charge in [0.15, 0.2) is 5.65 Å². The fourth-order valence-electron chi connectivity index (χ4n) is 2.95. The highest BCUT2D eigenvalue weighted by Gasteiger charge is 2.16. The van der Waals surface area contributed by atoms with Crippen LogP contribution in [0.2, 0.25) is 0 Å². The first-order valence-corrected chi connectivity index (χ1v) is 9.72. The molecular formula is C21H20N4O2S. The molecule has 0 saturated heterocycles. The SMILES string of the molecule is COc1cccc(CSc2ccc3nc(-c4cccc(N)c4)c(OC)n3n2)c1. The van der Waals surface area contributed by atoms with Gasteiger partial charge >= 0.3 is 0 Å². The van der Waals surface area contributed by atoms with Crippen molar-refractivity contribution in [3.63, 3.8) is 0 Å². The maximum Gasteiger partial charge on any atom is 0.243 e. The molecule has 0 saturated carbocycles. The smallest absolute Gasteiger partial charge is 0.243 e. The number of rotatable bonds is 6. The van der Waals surface area contributed by atoms with Crippen molar-refractivity contribution in [2.45, 2.75) is 10.8 Å². The molecule has 4 rings (SSSR count). The zero-order valence-corrected chi connectivity index (χ0v) is 16.4. The Labute approximate surface area is 167 Å². The number of anilines is 1. The largest absolute Gasteiger partial charge is 0.497 e. The normalized spacial score (nSPS) is 10.9. The first-order valence-electron chi connectivity index (χ1n) is 8.73. The van der Waals surface area contributed by atoms with Crippen LogP contribution < -0.4 is 15.2 Å². The van der Waals surface area contributed by atoms with E-state index in [1.807, 2.05) is 54.6 Å². The topological polar surface area (TPSA) is 74.7 Å². The van der Waals surface area contributed by atoms with Gasteiger partial charge in [0, 0.05) is 17.0 Å². The Morgan fingerprint density at radius 3 is 2.64 bits per heavy atom. The number of thioether (sulfide) groups is 1. The van der Waals surface area contributed by atoms with Gasteiger partial charge in [0.25, 0.3) is 0 Å². The molecule has 0 aliphatic heterocycles. The van der Waals surface area contributed by atoms with E-state index in [0.29, 0.717) is 11.6 Å². The van der Waals surface area contributed by atoms with Crippen LogP contribution in [0, 0.1) is 0 Å². The molecule has 2 aromatic carbocycles. The lowest BCUT2D eigenvalue weighted by Gasteiger charge is -2.06. The Kier molecular flexibility index (Phi) is 5.08. The van der Waals surface area contributed by atoms with Crippen LogP contribution in [-0.4, -0.2) is 28.8 Å². The number of ether oxygens (including phenoxy) is 2. The molecule has 0 bridgehead atoms. The molecule has 2 heterocycles. The summed E-state index contributed by atoms with van der Waals surface area (Å²) in [4.78, 5) is 4.67. The van der Waals surface area contributed by atoms with E-state index in [-0.39, 0.29) is 0 Å². The lowest BCUT2D eigenvalue weighted by atomic mass is 10.1. The summed E-state index contributed by atoms with van der Waals surface area (Å²) in [6.07, 6.45) is 0. The van der Waals surface area contributed by atoms with Gasteiger partial charge in [-0.25, -0.2) is 4.98 Å². The summed E-state index contributed by atoms with van der Waals surface area (Å²) >= 11 is 1.64. The summed E-state index contributed by atoms with van der Waals surface area (Å²) in [6, 6.07) is 19.5. The Morgan fingerprint density at radius 2 is 1.86 bits per heavy atom. The van der Waals surface area contributed by atoms with Crippen LogP contribution in [0.25, 0.3) is 16.9 Å². The Bertz CT molecular complexity index is 1130. The van der Waals surface area contributed by atoms with Crippen LogP contribution in [0.4, 0.5) is 5.69 Å². The van der Waals surface area contributed by atoms with E-state index in [1.54, 1.807) is 30.5 Å². The minimum Gasteiger partial charge on any atom is -0.497 e. The highest BCUT2D eigenvalue weighted by Crippen LogP contribution is 2.32. The number of imidazole rings is 1. The first kappa shape index (κ1) is 18.2. The van der Waals surface area contributed by atoms with E-state index in [4.69, 9.17) is 20.3 Å². The Balaban J connectivity index is 1.64. The highest BCUT2D eigenvalue weighted by molar-refractivity contribution is 7.98. The number of benzene rings is 2. The number of aromatic nitrogens is 3. The number of nitrogen functional groups attached to an aromatic ring is 1. The van der Waals surface area contributed by atoms with E-state index >= 15 is 0 Å². The van der Waals surface area contributed by atoms with Crippen LogP contribution in [0.1, 0.15) is 5.56 Å². The summed E-state index contributed by atoms with van der Waals surface area (Å²) in [7, 11) is 3.29. The van der Waals surface area contributed by atoms with E-state index in [0.717, 1.165) is 33.4 Å². The van der Waals surface area contributed by atoms with Crippen LogP contribution in [0.5, 0.6) is 11.6 Å². The molecule has 0 radical (unpaired) electrons. The van der Waals surface area contributed by atoms with E-state index in [2.05, 4.69) is 11.1 Å². The van der Waals surface area contributed by atoms with E-state index < -0.39 is 0 Å². The van der Waals surface area contributed by atoms with E-state index in [9.17, 15) is 0 Å². The summed E-state index contributed by atoms with van der Waals surface area (Å²) in [5.74, 6) is 2.23. The molecule has 142 valence electrons. The van der Waals surface area contributed by atoms with Gasteiger partial charge in [-0.1, -0.05) is 36.0 Å². The van der Waals surface area contributed by atoms with E-state index in [1.165, 1.54) is 5.56 Å². The Morgan fingerprint density at radius 1 is 1.00 bits per heavy atom. The van der Waals surface area contributed by atoms with Crippen molar-refractivity contribution in [3.05, 3.63) is 66.2 Å². The number of methoxy groups -OCH3 is 2. The number of nitrogens with zero attached hydrogens (tertiary/aromatic N) is 3. The Hall–Kier alpha value is -3.19. The third-order valence-corrected chi connectivity index (χ3v) is 5.28. The number of nitrogens with two attached hydrogens (primary N) is 1. The first-order chi connectivity index (χ1) is 13.7. The lowest BCUT2D eigenvalue weighted by Crippen LogP contribution is -1.97. The van der Waals surface area contributed by atoms with Gasteiger partial charge in [0.1, 0.15) is 16.5 Å². The van der Waals surface area contributed by atoms with Gasteiger partial charge in [-0.3, -0.25) is 0 Å². The van der Waals surface area contributed by atoms with Crippen molar-refractivity contribution in [2.24, 2.45) is 0 Å². The second-order valence-corrected chi connectivity index (χ2v) is 7.17. The predicted octanol–water partition coefficient (Wildman–Crippen LogP) is 4.29. The molecular weight excluding hydrogens is 372 g/mol. The molecule has 7 heteroatoms. The zero-order chi connectivity index (χ0) is 19.5. The number of hydrogen-bond acceptors (Lipinski definition) is 6. The molecule has 4 aromatic rings.